The zero-order valence-corrected chi connectivity index (χ0v) is 28.9. The Balaban J connectivity index is 2.34. The lowest BCUT2D eigenvalue weighted by molar-refractivity contribution is -0.143. The molecule has 2 nitrogen and oxygen atoms in total. The first kappa shape index (κ1) is 42.3. The van der Waals surface area contributed by atoms with Gasteiger partial charge in [0.2, 0.25) is 0 Å². The number of rotatable bonds is 3. The molecule has 1 aliphatic rings. The molecule has 0 bridgehead atoms. The monoisotopic (exact) mass is 886 g/mol. The molecule has 0 aliphatic heterocycles. The number of hydrogen-bond donors (Lipinski definition) is 0. The summed E-state index contributed by atoms with van der Waals surface area (Å²) in [6.07, 6.45) is -17.4. The second-order valence-electron chi connectivity index (χ2n) is 10.2. The van der Waals surface area contributed by atoms with Crippen molar-refractivity contribution in [3.8, 4) is 12.1 Å². The van der Waals surface area contributed by atoms with Gasteiger partial charge in [-0.1, -0.05) is 69.6 Å². The Labute approximate surface area is 314 Å². The third kappa shape index (κ3) is 6.78. The van der Waals surface area contributed by atoms with Gasteiger partial charge < -0.3 is 0 Å². The van der Waals surface area contributed by atoms with E-state index in [0.717, 1.165) is 0 Å². The molecule has 0 aromatic heterocycles. The molecule has 0 atom stereocenters. The quantitative estimate of drug-likeness (QED) is 0.149. The first-order valence-corrected chi connectivity index (χ1v) is 15.2. The molecule has 280 valence electrons. The van der Waals surface area contributed by atoms with Crippen LogP contribution in [-0.2, 0) is 18.5 Å². The Bertz CT molecular complexity index is 2150. The molecule has 4 rings (SSSR count). The fraction of sp³-hybridized carbons (Fsp3) is 0.133. The number of nitriles is 2. The van der Waals surface area contributed by atoms with Gasteiger partial charge in [-0.25, -0.2) is 26.3 Å². The van der Waals surface area contributed by atoms with Gasteiger partial charge >= 0.3 is 18.5 Å². The lowest BCUT2D eigenvalue weighted by atomic mass is 9.99. The normalized spacial score (nSPS) is 15.4. The van der Waals surface area contributed by atoms with E-state index in [0.29, 0.717) is 6.92 Å². The average molecular weight is 889 g/mol. The second-order valence-corrected chi connectivity index (χ2v) is 12.5. The van der Waals surface area contributed by atoms with Crippen LogP contribution in [0.4, 0.5) is 65.9 Å². The lowest BCUT2D eigenvalue weighted by Gasteiger charge is -2.16. The molecular formula is C30H3Cl6F15N2. The summed E-state index contributed by atoms with van der Waals surface area (Å²) >= 11 is 34.6. The highest BCUT2D eigenvalue weighted by Gasteiger charge is 2.48. The van der Waals surface area contributed by atoms with Crippen molar-refractivity contribution in [2.24, 2.45) is 0 Å². The number of benzene rings is 3. The molecule has 0 heterocycles. The van der Waals surface area contributed by atoms with Gasteiger partial charge in [0.15, 0.2) is 34.9 Å². The van der Waals surface area contributed by atoms with Gasteiger partial charge in [0.25, 0.3) is 0 Å². The molecule has 0 spiro atoms. The van der Waals surface area contributed by atoms with Crippen molar-refractivity contribution in [2.45, 2.75) is 25.5 Å². The average Bonchev–Trinajstić information content (AvgIpc) is 3.75. The highest BCUT2D eigenvalue weighted by molar-refractivity contribution is 6.41. The largest absolute Gasteiger partial charge is 0.422 e. The van der Waals surface area contributed by atoms with Crippen molar-refractivity contribution < 1.29 is 65.9 Å². The van der Waals surface area contributed by atoms with Gasteiger partial charge in [0, 0.05) is 27.8 Å². The van der Waals surface area contributed by atoms with Gasteiger partial charge in [-0.05, 0) is 18.1 Å². The molecule has 1 saturated carbocycles. The van der Waals surface area contributed by atoms with Crippen LogP contribution in [0.5, 0.6) is 0 Å². The highest BCUT2D eigenvalue weighted by Crippen LogP contribution is 2.60. The van der Waals surface area contributed by atoms with Crippen LogP contribution >= 0.6 is 69.6 Å². The SMILES string of the molecule is CC(=C1C(=C(C#N)c2c(Cl)c(F)c(C(F)(F)F)c(F)c2Cl)C1=C(C#N)c1c(Cl)c(F)c(C(F)(F)F)c(F)c1Cl)c1c(Cl)c(F)c(C(F)(F)F)c(F)c1Cl. The van der Waals surface area contributed by atoms with E-state index < -0.39 is 150 Å². The topological polar surface area (TPSA) is 47.6 Å². The number of alkyl halides is 9. The molecule has 3 aromatic carbocycles. The van der Waals surface area contributed by atoms with Crippen molar-refractivity contribution in [3.63, 3.8) is 0 Å². The van der Waals surface area contributed by atoms with Crippen molar-refractivity contribution in [2.75, 3.05) is 0 Å². The minimum absolute atomic E-state index is 0.708. The molecule has 0 saturated heterocycles. The molecule has 1 aliphatic carbocycles. The van der Waals surface area contributed by atoms with Crippen LogP contribution in [-0.4, -0.2) is 0 Å². The van der Waals surface area contributed by atoms with Crippen LogP contribution in [0.2, 0.25) is 30.1 Å². The highest BCUT2D eigenvalue weighted by atomic mass is 35.5. The van der Waals surface area contributed by atoms with Crippen molar-refractivity contribution in [3.05, 3.63) is 115 Å². The number of halogens is 21. The van der Waals surface area contributed by atoms with Crippen molar-refractivity contribution in [1.29, 1.82) is 10.5 Å². The number of allylic oxidation sites excluding steroid dienone is 6. The molecule has 1 fully saturated rings. The van der Waals surface area contributed by atoms with E-state index in [1.165, 1.54) is 12.1 Å². The Kier molecular flexibility index (Phi) is 11.2. The minimum atomic E-state index is -5.81. The molecule has 0 radical (unpaired) electrons. The fourth-order valence-corrected chi connectivity index (χ4v) is 7.01. The molecule has 0 unspecified atom stereocenters. The third-order valence-corrected chi connectivity index (χ3v) is 9.43. The first-order valence-electron chi connectivity index (χ1n) is 12.9. The molecule has 0 N–H and O–H groups in total. The van der Waals surface area contributed by atoms with Gasteiger partial charge in [0.1, 0.15) is 28.8 Å². The molecule has 23 heteroatoms. The molecule has 53 heavy (non-hydrogen) atoms. The summed E-state index contributed by atoms with van der Waals surface area (Å²) in [6.45, 7) is 0.708. The summed E-state index contributed by atoms with van der Waals surface area (Å²) in [4.78, 5) is 0. The van der Waals surface area contributed by atoms with Crippen LogP contribution in [0.3, 0.4) is 0 Å². The summed E-state index contributed by atoms with van der Waals surface area (Å²) in [5.41, 5.74) is -18.5. The fourth-order valence-electron chi connectivity index (χ4n) is 5.07. The Morgan fingerprint density at radius 2 is 0.623 bits per heavy atom. The summed E-state index contributed by atoms with van der Waals surface area (Å²) in [5.74, 6) is -15.3. The van der Waals surface area contributed by atoms with Crippen molar-refractivity contribution in [1.82, 2.24) is 0 Å². The Morgan fingerprint density at radius 1 is 0.415 bits per heavy atom. The van der Waals surface area contributed by atoms with E-state index >= 15 is 0 Å². The predicted octanol–water partition coefficient (Wildman–Crippen LogP) is 14.2. The number of hydrogen-bond acceptors (Lipinski definition) is 2. The van der Waals surface area contributed by atoms with Crippen LogP contribution in [0, 0.1) is 57.6 Å². The van der Waals surface area contributed by atoms with E-state index in [-0.39, 0.29) is 0 Å². The van der Waals surface area contributed by atoms with E-state index in [1.54, 1.807) is 0 Å². The lowest BCUT2D eigenvalue weighted by Crippen LogP contribution is -2.14. The van der Waals surface area contributed by atoms with E-state index in [2.05, 4.69) is 0 Å². The molecule has 3 aromatic rings. The maximum atomic E-state index is 15.0. The summed E-state index contributed by atoms with van der Waals surface area (Å²) in [7, 11) is 0. The van der Waals surface area contributed by atoms with Crippen LogP contribution in [0.1, 0.15) is 40.3 Å². The first-order chi connectivity index (χ1) is 24.1. The van der Waals surface area contributed by atoms with E-state index in [9.17, 15) is 76.4 Å². The summed E-state index contributed by atoms with van der Waals surface area (Å²) < 4.78 is 211. The maximum Gasteiger partial charge on any atom is 0.422 e. The predicted molar refractivity (Wildman–Crippen MR) is 162 cm³/mol. The minimum Gasteiger partial charge on any atom is -0.205 e. The van der Waals surface area contributed by atoms with Gasteiger partial charge in [-0.3, -0.25) is 0 Å². The van der Waals surface area contributed by atoms with Crippen LogP contribution in [0.15, 0.2) is 16.7 Å². The Morgan fingerprint density at radius 3 is 0.811 bits per heavy atom. The maximum absolute atomic E-state index is 15.0. The molecular weight excluding hydrogens is 886 g/mol. The Hall–Kier alpha value is -3.45. The summed E-state index contributed by atoms with van der Waals surface area (Å²) in [5, 5.41) is 10.0. The smallest absolute Gasteiger partial charge is 0.205 e. The number of nitrogens with zero attached hydrogens (tertiary/aromatic N) is 2. The van der Waals surface area contributed by atoms with Crippen molar-refractivity contribution >= 4 is 86.3 Å². The third-order valence-electron chi connectivity index (χ3n) is 7.30. The van der Waals surface area contributed by atoms with Crippen LogP contribution < -0.4 is 0 Å². The second kappa shape index (κ2) is 14.0. The standard InChI is InChI=1S/C30H3Cl6F15N2/c1-4(8-16(31)22(37)13(28(43,44)45)23(38)17(8)32)7-9(5(2-52)11-18(33)24(39)14(29(46,47)48)25(40)19(11)34)10(7)6(3-53)12-20(35)26(41)15(30(49,50)51)27(42)21(12)36/h1H3. The van der Waals surface area contributed by atoms with E-state index in [1.807, 2.05) is 0 Å². The van der Waals surface area contributed by atoms with E-state index in [4.69, 9.17) is 69.6 Å². The molecule has 0 amide bonds. The van der Waals surface area contributed by atoms with Gasteiger partial charge in [-0.15, -0.1) is 0 Å². The van der Waals surface area contributed by atoms with Crippen LogP contribution in [0.25, 0.3) is 16.7 Å². The summed E-state index contributed by atoms with van der Waals surface area (Å²) in [6, 6.07) is 2.45. The van der Waals surface area contributed by atoms with Gasteiger partial charge in [-0.2, -0.15) is 50.0 Å². The zero-order chi connectivity index (χ0) is 40.8. The van der Waals surface area contributed by atoms with Gasteiger partial charge in [0.05, 0.1) is 41.3 Å². The zero-order valence-electron chi connectivity index (χ0n) is 24.3.